The predicted molar refractivity (Wildman–Crippen MR) is 88.0 cm³/mol. The zero-order valence-corrected chi connectivity index (χ0v) is 13.3. The summed E-state index contributed by atoms with van der Waals surface area (Å²) in [5.41, 5.74) is 9.55. The number of nitrogens with two attached hydrogens (primary N) is 1. The minimum Gasteiger partial charge on any atom is -0.382 e. The Bertz CT molecular complexity index is 425. The van der Waals surface area contributed by atoms with Crippen LogP contribution in [0.3, 0.4) is 0 Å². The molecule has 5 heteroatoms. The van der Waals surface area contributed by atoms with Crippen LogP contribution in [0.15, 0.2) is 23.2 Å². The summed E-state index contributed by atoms with van der Waals surface area (Å²) < 4.78 is 10.3. The fourth-order valence-electron chi connectivity index (χ4n) is 2.05. The minimum absolute atomic E-state index is 0.431. The van der Waals surface area contributed by atoms with Crippen molar-refractivity contribution >= 4 is 11.6 Å². The Balaban J connectivity index is 2.55. The number of anilines is 1. The smallest absolute Gasteiger partial charge is 0.193 e. The average Bonchev–Trinajstić information content (AvgIpc) is 2.51. The number of aryl methyl sites for hydroxylation is 2. The molecule has 0 bridgehead atoms. The van der Waals surface area contributed by atoms with Crippen molar-refractivity contribution in [1.82, 2.24) is 0 Å². The molecule has 0 aromatic heterocycles. The van der Waals surface area contributed by atoms with Crippen LogP contribution in [0.1, 0.15) is 25.0 Å². The lowest BCUT2D eigenvalue weighted by Gasteiger charge is -2.14. The van der Waals surface area contributed by atoms with Gasteiger partial charge in [0.05, 0.1) is 26.4 Å². The third kappa shape index (κ3) is 6.14. The van der Waals surface area contributed by atoms with Crippen molar-refractivity contribution in [3.63, 3.8) is 0 Å². The number of hydrogen-bond acceptors (Lipinski definition) is 3. The molecule has 0 fully saturated rings. The lowest BCUT2D eigenvalue weighted by molar-refractivity contribution is 0.0748. The van der Waals surface area contributed by atoms with Crippen LogP contribution in [0.2, 0.25) is 0 Å². The van der Waals surface area contributed by atoms with E-state index in [0.717, 1.165) is 18.5 Å². The van der Waals surface area contributed by atoms with Gasteiger partial charge in [0.2, 0.25) is 0 Å². The van der Waals surface area contributed by atoms with Crippen LogP contribution in [0.5, 0.6) is 0 Å². The Morgan fingerprint density at radius 3 is 2.38 bits per heavy atom. The molecule has 0 aliphatic heterocycles. The average molecular weight is 293 g/mol. The second-order valence-electron chi connectivity index (χ2n) is 4.66. The van der Waals surface area contributed by atoms with Crippen LogP contribution in [0.4, 0.5) is 5.69 Å². The highest BCUT2D eigenvalue weighted by Crippen LogP contribution is 2.22. The minimum atomic E-state index is 0.431. The molecule has 1 aromatic carbocycles. The van der Waals surface area contributed by atoms with E-state index in [2.05, 4.69) is 42.4 Å². The summed E-state index contributed by atoms with van der Waals surface area (Å²) in [7, 11) is 1.65. The Morgan fingerprint density at radius 2 is 1.81 bits per heavy atom. The number of aliphatic imine (C=N–C) groups is 1. The van der Waals surface area contributed by atoms with Gasteiger partial charge in [0.25, 0.3) is 0 Å². The fourth-order valence-corrected chi connectivity index (χ4v) is 2.05. The zero-order valence-electron chi connectivity index (χ0n) is 13.3. The summed E-state index contributed by atoms with van der Waals surface area (Å²) in [6.45, 7) is 6.53. The molecule has 0 unspecified atom stereocenters. The molecule has 5 nitrogen and oxygen atoms in total. The second kappa shape index (κ2) is 10.2. The van der Waals surface area contributed by atoms with Gasteiger partial charge in [-0.2, -0.15) is 0 Å². The molecule has 0 aliphatic carbocycles. The maximum absolute atomic E-state index is 5.95. The summed E-state index contributed by atoms with van der Waals surface area (Å²) >= 11 is 0. The van der Waals surface area contributed by atoms with Gasteiger partial charge in [-0.25, -0.2) is 0 Å². The van der Waals surface area contributed by atoms with E-state index in [-0.39, 0.29) is 0 Å². The van der Waals surface area contributed by atoms with Crippen LogP contribution < -0.4 is 11.1 Å². The van der Waals surface area contributed by atoms with Gasteiger partial charge in [-0.1, -0.05) is 32.0 Å². The monoisotopic (exact) mass is 293 g/mol. The second-order valence-corrected chi connectivity index (χ2v) is 4.66. The topological polar surface area (TPSA) is 68.9 Å². The van der Waals surface area contributed by atoms with Gasteiger partial charge < -0.3 is 20.5 Å². The molecule has 1 rings (SSSR count). The van der Waals surface area contributed by atoms with Crippen LogP contribution in [0.25, 0.3) is 0 Å². The van der Waals surface area contributed by atoms with Crippen LogP contribution in [-0.2, 0) is 22.3 Å². The molecular formula is C16H27N3O2. The third-order valence-corrected chi connectivity index (χ3v) is 3.20. The van der Waals surface area contributed by atoms with Gasteiger partial charge in [-0.3, -0.25) is 4.99 Å². The molecule has 118 valence electrons. The van der Waals surface area contributed by atoms with E-state index in [4.69, 9.17) is 15.2 Å². The SMILES string of the molecule is CCc1cccc(CC)c1NC(N)=NCCOCCOC. The molecule has 21 heavy (non-hydrogen) atoms. The number of nitrogens with one attached hydrogen (secondary N) is 1. The molecule has 0 spiro atoms. The van der Waals surface area contributed by atoms with Gasteiger partial charge >= 0.3 is 0 Å². The Kier molecular flexibility index (Phi) is 8.47. The van der Waals surface area contributed by atoms with Crippen molar-refractivity contribution in [3.05, 3.63) is 29.3 Å². The molecule has 0 atom stereocenters. The first kappa shape index (κ1) is 17.5. The normalized spacial score (nSPS) is 11.7. The lowest BCUT2D eigenvalue weighted by Crippen LogP contribution is -2.25. The molecule has 1 aromatic rings. The predicted octanol–water partition coefficient (Wildman–Crippen LogP) is 2.20. The van der Waals surface area contributed by atoms with Gasteiger partial charge in [0, 0.05) is 12.8 Å². The molecule has 3 N–H and O–H groups in total. The number of hydrogen-bond donors (Lipinski definition) is 2. The van der Waals surface area contributed by atoms with Crippen LogP contribution >= 0.6 is 0 Å². The number of benzene rings is 1. The van der Waals surface area contributed by atoms with Crippen LogP contribution in [-0.4, -0.2) is 39.4 Å². The first-order chi connectivity index (χ1) is 10.2. The molecular weight excluding hydrogens is 266 g/mol. The molecule has 0 saturated heterocycles. The Labute approximate surface area is 127 Å². The van der Waals surface area contributed by atoms with Gasteiger partial charge in [-0.15, -0.1) is 0 Å². The van der Waals surface area contributed by atoms with Crippen molar-refractivity contribution in [2.24, 2.45) is 10.7 Å². The quantitative estimate of drug-likeness (QED) is 0.416. The first-order valence-electron chi connectivity index (χ1n) is 7.47. The van der Waals surface area contributed by atoms with Crippen molar-refractivity contribution in [3.8, 4) is 0 Å². The van der Waals surface area contributed by atoms with Gasteiger partial charge in [0.1, 0.15) is 0 Å². The van der Waals surface area contributed by atoms with Crippen molar-refractivity contribution in [2.45, 2.75) is 26.7 Å². The molecule has 0 heterocycles. The maximum atomic E-state index is 5.95. The number of nitrogens with zero attached hydrogens (tertiary/aromatic N) is 1. The fraction of sp³-hybridized carbons (Fsp3) is 0.562. The summed E-state index contributed by atoms with van der Waals surface area (Å²) in [5, 5.41) is 3.23. The van der Waals surface area contributed by atoms with E-state index in [0.29, 0.717) is 32.3 Å². The van der Waals surface area contributed by atoms with E-state index >= 15 is 0 Å². The number of rotatable bonds is 9. The van der Waals surface area contributed by atoms with Crippen molar-refractivity contribution < 1.29 is 9.47 Å². The van der Waals surface area contributed by atoms with Gasteiger partial charge in [0.15, 0.2) is 5.96 Å². The highest BCUT2D eigenvalue weighted by atomic mass is 16.5. The highest BCUT2D eigenvalue weighted by Gasteiger charge is 2.06. The zero-order chi connectivity index (χ0) is 15.5. The molecule has 0 saturated carbocycles. The summed E-state index contributed by atoms with van der Waals surface area (Å²) in [5.74, 6) is 0.431. The van der Waals surface area contributed by atoms with E-state index in [9.17, 15) is 0 Å². The number of methoxy groups -OCH3 is 1. The van der Waals surface area contributed by atoms with Gasteiger partial charge in [-0.05, 0) is 24.0 Å². The number of ether oxygens (including phenoxy) is 2. The molecule has 0 amide bonds. The summed E-state index contributed by atoms with van der Waals surface area (Å²) in [4.78, 5) is 4.29. The molecule has 0 radical (unpaired) electrons. The largest absolute Gasteiger partial charge is 0.382 e. The van der Waals surface area contributed by atoms with E-state index in [1.807, 2.05) is 0 Å². The van der Waals surface area contributed by atoms with Crippen molar-refractivity contribution in [2.75, 3.05) is 38.8 Å². The number of para-hydroxylation sites is 1. The standard InChI is InChI=1S/C16H27N3O2/c1-4-13-7-6-8-14(5-2)15(13)19-16(17)18-9-10-21-12-11-20-3/h6-8H,4-5,9-12H2,1-3H3,(H3,17,18,19). The van der Waals surface area contributed by atoms with Crippen molar-refractivity contribution in [1.29, 1.82) is 0 Å². The molecule has 0 aliphatic rings. The maximum Gasteiger partial charge on any atom is 0.193 e. The lowest BCUT2D eigenvalue weighted by atomic mass is 10.0. The first-order valence-corrected chi connectivity index (χ1v) is 7.47. The van der Waals surface area contributed by atoms with E-state index in [1.54, 1.807) is 7.11 Å². The van der Waals surface area contributed by atoms with Crippen LogP contribution in [0, 0.1) is 0 Å². The van der Waals surface area contributed by atoms with E-state index in [1.165, 1.54) is 11.1 Å². The summed E-state index contributed by atoms with van der Waals surface area (Å²) in [6, 6.07) is 6.31. The Hall–Kier alpha value is -1.59. The third-order valence-electron chi connectivity index (χ3n) is 3.20. The summed E-state index contributed by atoms with van der Waals surface area (Å²) in [6.07, 6.45) is 1.92. The van der Waals surface area contributed by atoms with E-state index < -0.39 is 0 Å². The Morgan fingerprint density at radius 1 is 1.14 bits per heavy atom. The highest BCUT2D eigenvalue weighted by molar-refractivity contribution is 5.93. The number of guanidine groups is 1.